The predicted molar refractivity (Wildman–Crippen MR) is 118 cm³/mol. The van der Waals surface area contributed by atoms with E-state index in [4.69, 9.17) is 14.9 Å². The van der Waals surface area contributed by atoms with E-state index in [0.29, 0.717) is 5.56 Å². The third-order valence-corrected chi connectivity index (χ3v) is 5.10. The van der Waals surface area contributed by atoms with E-state index in [0.717, 1.165) is 49.9 Å². The van der Waals surface area contributed by atoms with E-state index in [1.54, 1.807) is 12.1 Å². The lowest BCUT2D eigenvalue weighted by Gasteiger charge is -2.27. The number of aromatic carboxylic acids is 1. The molecule has 0 saturated heterocycles. The van der Waals surface area contributed by atoms with E-state index in [1.165, 1.54) is 11.1 Å². The molecule has 0 fully saturated rings. The summed E-state index contributed by atoms with van der Waals surface area (Å²) in [4.78, 5) is 11.0. The number of hydrogen-bond acceptors (Lipinski definition) is 4. The molecule has 3 aromatic rings. The first kappa shape index (κ1) is 21.6. The molecule has 0 bridgehead atoms. The van der Waals surface area contributed by atoms with Crippen LogP contribution in [0.15, 0.2) is 72.8 Å². The Kier molecular flexibility index (Phi) is 7.60. The fourth-order valence-corrected chi connectivity index (χ4v) is 3.55. The number of ether oxygens (including phenoxy) is 1. The first-order valence-electron chi connectivity index (χ1n) is 10.0. The zero-order valence-electron chi connectivity index (χ0n) is 17.0. The summed E-state index contributed by atoms with van der Waals surface area (Å²) in [5, 5.41) is 19.5. The number of aryl methyl sites for hydroxylation is 1. The molecule has 1 aliphatic heterocycles. The first-order valence-corrected chi connectivity index (χ1v) is 10.0. The third-order valence-electron chi connectivity index (χ3n) is 5.10. The van der Waals surface area contributed by atoms with Crippen LogP contribution >= 0.6 is 0 Å². The Morgan fingerprint density at radius 2 is 1.70 bits per heavy atom. The number of carboxylic acids is 1. The zero-order valence-corrected chi connectivity index (χ0v) is 17.0. The van der Waals surface area contributed by atoms with Crippen molar-refractivity contribution < 1.29 is 19.7 Å². The number of aliphatic hydroxyl groups is 1. The van der Waals surface area contributed by atoms with Crippen molar-refractivity contribution in [3.63, 3.8) is 0 Å². The molecule has 0 spiro atoms. The SMILES string of the molecule is CO.O=C(O)c1ccc(-c2ccc3c(c2)CCC(CNCc2ccccc2)O3)cc1. The van der Waals surface area contributed by atoms with Gasteiger partial charge in [0.15, 0.2) is 0 Å². The minimum Gasteiger partial charge on any atom is -0.489 e. The molecule has 0 aromatic heterocycles. The summed E-state index contributed by atoms with van der Waals surface area (Å²) in [6, 6.07) is 23.6. The van der Waals surface area contributed by atoms with Crippen LogP contribution in [0.3, 0.4) is 0 Å². The summed E-state index contributed by atoms with van der Waals surface area (Å²) in [5.41, 5.74) is 4.88. The van der Waals surface area contributed by atoms with E-state index in [9.17, 15) is 4.79 Å². The number of aliphatic hydroxyl groups excluding tert-OH is 1. The molecule has 1 heterocycles. The number of nitrogens with one attached hydrogen (secondary N) is 1. The van der Waals surface area contributed by atoms with Crippen molar-refractivity contribution in [2.45, 2.75) is 25.5 Å². The van der Waals surface area contributed by atoms with Crippen LogP contribution in [-0.4, -0.2) is 35.9 Å². The fraction of sp³-hybridized carbons (Fsp3) is 0.240. The molecule has 4 rings (SSSR count). The van der Waals surface area contributed by atoms with Gasteiger partial charge < -0.3 is 20.3 Å². The van der Waals surface area contributed by atoms with Crippen LogP contribution in [0.2, 0.25) is 0 Å². The van der Waals surface area contributed by atoms with Gasteiger partial charge in [0.2, 0.25) is 0 Å². The third kappa shape index (κ3) is 5.47. The number of fused-ring (bicyclic) bond motifs is 1. The number of hydrogen-bond donors (Lipinski definition) is 3. The number of rotatable bonds is 6. The quantitative estimate of drug-likeness (QED) is 0.574. The highest BCUT2D eigenvalue weighted by Crippen LogP contribution is 2.32. The second-order valence-electron chi connectivity index (χ2n) is 7.10. The van der Waals surface area contributed by atoms with Gasteiger partial charge in [-0.05, 0) is 59.4 Å². The van der Waals surface area contributed by atoms with Gasteiger partial charge in [0.1, 0.15) is 11.9 Å². The van der Waals surface area contributed by atoms with Crippen LogP contribution in [-0.2, 0) is 13.0 Å². The molecular weight excluding hydrogens is 378 g/mol. The van der Waals surface area contributed by atoms with Gasteiger partial charge in [-0.2, -0.15) is 0 Å². The van der Waals surface area contributed by atoms with Crippen molar-refractivity contribution in [2.24, 2.45) is 0 Å². The van der Waals surface area contributed by atoms with Gasteiger partial charge in [-0.3, -0.25) is 0 Å². The standard InChI is InChI=1S/C24H23NO3.CH4O/c26-24(27)19-8-6-18(7-9-19)20-11-13-23-21(14-20)10-12-22(28-23)16-25-15-17-4-2-1-3-5-17;1-2/h1-9,11,13-14,22,25H,10,12,15-16H2,(H,26,27);2H,1H3. The van der Waals surface area contributed by atoms with Crippen LogP contribution in [0.4, 0.5) is 0 Å². The van der Waals surface area contributed by atoms with Crippen molar-refractivity contribution in [1.29, 1.82) is 0 Å². The molecule has 3 N–H and O–H groups in total. The summed E-state index contributed by atoms with van der Waals surface area (Å²) < 4.78 is 6.17. The minimum atomic E-state index is -0.905. The van der Waals surface area contributed by atoms with Crippen LogP contribution in [0.1, 0.15) is 27.9 Å². The van der Waals surface area contributed by atoms with Gasteiger partial charge in [0.05, 0.1) is 5.56 Å². The molecular formula is C25H27NO4. The maximum absolute atomic E-state index is 11.0. The van der Waals surface area contributed by atoms with Gasteiger partial charge in [0.25, 0.3) is 0 Å². The van der Waals surface area contributed by atoms with E-state index >= 15 is 0 Å². The predicted octanol–water partition coefficient (Wildman–Crippen LogP) is 4.14. The highest BCUT2D eigenvalue weighted by Gasteiger charge is 2.20. The highest BCUT2D eigenvalue weighted by molar-refractivity contribution is 5.88. The van der Waals surface area contributed by atoms with Gasteiger partial charge in [-0.1, -0.05) is 48.5 Å². The Morgan fingerprint density at radius 3 is 2.40 bits per heavy atom. The van der Waals surface area contributed by atoms with Crippen molar-refractivity contribution in [1.82, 2.24) is 5.32 Å². The number of carboxylic acid groups (broad SMARTS) is 1. The second kappa shape index (κ2) is 10.6. The number of carbonyl (C=O) groups is 1. The van der Waals surface area contributed by atoms with Crippen LogP contribution < -0.4 is 10.1 Å². The van der Waals surface area contributed by atoms with Crippen molar-refractivity contribution in [3.8, 4) is 16.9 Å². The molecule has 0 amide bonds. The molecule has 5 nitrogen and oxygen atoms in total. The molecule has 0 saturated carbocycles. The summed E-state index contributed by atoms with van der Waals surface area (Å²) in [7, 11) is 1.00. The van der Waals surface area contributed by atoms with E-state index in [-0.39, 0.29) is 6.10 Å². The Morgan fingerprint density at radius 1 is 1.00 bits per heavy atom. The Labute approximate surface area is 177 Å². The summed E-state index contributed by atoms with van der Waals surface area (Å²) in [5.74, 6) is 0.0426. The highest BCUT2D eigenvalue weighted by atomic mass is 16.5. The lowest BCUT2D eigenvalue weighted by molar-refractivity contribution is 0.0697. The first-order chi connectivity index (χ1) is 14.7. The van der Waals surface area contributed by atoms with Crippen LogP contribution in [0.25, 0.3) is 11.1 Å². The Hall–Kier alpha value is -3.15. The molecule has 156 valence electrons. The van der Waals surface area contributed by atoms with Crippen molar-refractivity contribution in [2.75, 3.05) is 13.7 Å². The van der Waals surface area contributed by atoms with Crippen LogP contribution in [0.5, 0.6) is 5.75 Å². The van der Waals surface area contributed by atoms with E-state index in [1.807, 2.05) is 30.3 Å². The molecule has 3 aromatic carbocycles. The molecule has 0 radical (unpaired) electrons. The Balaban J connectivity index is 0.00000124. The Bertz CT molecular complexity index is 955. The van der Waals surface area contributed by atoms with Crippen molar-refractivity contribution in [3.05, 3.63) is 89.5 Å². The lowest BCUT2D eigenvalue weighted by atomic mass is 9.96. The maximum atomic E-state index is 11.0. The molecule has 30 heavy (non-hydrogen) atoms. The van der Waals surface area contributed by atoms with Gasteiger partial charge in [-0.15, -0.1) is 0 Å². The fourth-order valence-electron chi connectivity index (χ4n) is 3.55. The van der Waals surface area contributed by atoms with Crippen LogP contribution in [0, 0.1) is 0 Å². The van der Waals surface area contributed by atoms with E-state index in [2.05, 4.69) is 35.6 Å². The molecule has 0 aliphatic carbocycles. The average Bonchev–Trinajstić information content (AvgIpc) is 2.81. The van der Waals surface area contributed by atoms with E-state index < -0.39 is 5.97 Å². The topological polar surface area (TPSA) is 78.8 Å². The molecule has 1 aliphatic rings. The second-order valence-corrected chi connectivity index (χ2v) is 7.10. The summed E-state index contributed by atoms with van der Waals surface area (Å²) in [6.45, 7) is 1.67. The smallest absolute Gasteiger partial charge is 0.335 e. The average molecular weight is 405 g/mol. The maximum Gasteiger partial charge on any atom is 0.335 e. The largest absolute Gasteiger partial charge is 0.489 e. The minimum absolute atomic E-state index is 0.178. The van der Waals surface area contributed by atoms with Gasteiger partial charge in [-0.25, -0.2) is 4.79 Å². The van der Waals surface area contributed by atoms with Gasteiger partial charge >= 0.3 is 5.97 Å². The molecule has 5 heteroatoms. The number of benzene rings is 3. The zero-order chi connectivity index (χ0) is 21.3. The normalized spacial score (nSPS) is 14.7. The molecule has 1 atom stereocenters. The van der Waals surface area contributed by atoms with Crippen molar-refractivity contribution >= 4 is 5.97 Å². The van der Waals surface area contributed by atoms with Gasteiger partial charge in [0, 0.05) is 20.2 Å². The lowest BCUT2D eigenvalue weighted by Crippen LogP contribution is -2.33. The molecule has 1 unspecified atom stereocenters. The monoisotopic (exact) mass is 405 g/mol. The summed E-state index contributed by atoms with van der Waals surface area (Å²) in [6.07, 6.45) is 2.14. The summed E-state index contributed by atoms with van der Waals surface area (Å²) >= 11 is 0.